The first kappa shape index (κ1) is 12.1. The number of aliphatic hydroxyl groups is 1. The molecule has 2 unspecified atom stereocenters. The molecule has 0 spiro atoms. The van der Waals surface area contributed by atoms with Gasteiger partial charge in [-0.1, -0.05) is 0 Å². The van der Waals surface area contributed by atoms with Crippen LogP contribution >= 0.6 is 0 Å². The molecule has 0 fully saturated rings. The van der Waals surface area contributed by atoms with E-state index < -0.39 is 0 Å². The van der Waals surface area contributed by atoms with E-state index >= 15 is 0 Å². The van der Waals surface area contributed by atoms with Gasteiger partial charge in [0.25, 0.3) is 0 Å². The summed E-state index contributed by atoms with van der Waals surface area (Å²) in [6.07, 6.45) is 0.711. The molecule has 0 radical (unpaired) electrons. The largest absolute Gasteiger partial charge is 0.396 e. The average Bonchev–Trinajstić information content (AvgIpc) is 2.46. The number of nitrogens with zero attached hydrogens (tertiary/aromatic N) is 3. The van der Waals surface area contributed by atoms with Crippen molar-refractivity contribution >= 4 is 22.7 Å². The van der Waals surface area contributed by atoms with Crippen LogP contribution in [0, 0.1) is 12.8 Å². The molecule has 4 N–H and O–H groups in total. The summed E-state index contributed by atoms with van der Waals surface area (Å²) >= 11 is 0. The third-order valence-electron chi connectivity index (χ3n) is 3.66. The molecule has 19 heavy (non-hydrogen) atoms. The van der Waals surface area contributed by atoms with E-state index in [0.29, 0.717) is 12.2 Å². The lowest BCUT2D eigenvalue weighted by Crippen LogP contribution is -2.29. The smallest absolute Gasteiger partial charge is 0.222 e. The molecule has 0 amide bonds. The van der Waals surface area contributed by atoms with Crippen LogP contribution in [-0.4, -0.2) is 32.7 Å². The molecule has 6 heteroatoms. The van der Waals surface area contributed by atoms with Crippen molar-refractivity contribution in [3.8, 4) is 0 Å². The molecule has 6 nitrogen and oxygen atoms in total. The van der Waals surface area contributed by atoms with Crippen molar-refractivity contribution in [2.24, 2.45) is 5.92 Å². The Morgan fingerprint density at radius 2 is 2.21 bits per heavy atom. The zero-order valence-electron chi connectivity index (χ0n) is 11.0. The number of nitrogen functional groups attached to an aromatic ring is 1. The van der Waals surface area contributed by atoms with Gasteiger partial charge in [-0.15, -0.1) is 0 Å². The lowest BCUT2D eigenvalue weighted by atomic mass is 9.97. The molecule has 2 aromatic heterocycles. The number of hydrogen-bond acceptors (Lipinski definition) is 6. The molecular formula is C13H17N5O. The van der Waals surface area contributed by atoms with Gasteiger partial charge in [-0.25, -0.2) is 4.98 Å². The van der Waals surface area contributed by atoms with Crippen molar-refractivity contribution in [1.29, 1.82) is 0 Å². The predicted molar refractivity (Wildman–Crippen MR) is 73.8 cm³/mol. The molecule has 100 valence electrons. The standard InChI is InChI=1S/C13H17N5O/c1-6-3-9-11-10(15-6)4-8(5-19)7(2)16-12(11)18-13(14)17-9/h3,7-8,19H,4-5H2,1-2H3,(H3,14,16,17,18). The van der Waals surface area contributed by atoms with Crippen molar-refractivity contribution in [2.75, 3.05) is 17.7 Å². The first-order valence-electron chi connectivity index (χ1n) is 6.39. The zero-order chi connectivity index (χ0) is 13.6. The fourth-order valence-corrected chi connectivity index (χ4v) is 2.62. The number of aryl methyl sites for hydroxylation is 1. The number of nitrogens with one attached hydrogen (secondary N) is 1. The number of hydrogen-bond donors (Lipinski definition) is 3. The van der Waals surface area contributed by atoms with Gasteiger partial charge in [0.05, 0.1) is 16.6 Å². The summed E-state index contributed by atoms with van der Waals surface area (Å²) in [5, 5.41) is 13.8. The molecule has 3 rings (SSSR count). The van der Waals surface area contributed by atoms with E-state index in [0.717, 1.165) is 22.3 Å². The fraction of sp³-hybridized carbons (Fsp3) is 0.462. The van der Waals surface area contributed by atoms with E-state index in [9.17, 15) is 5.11 Å². The van der Waals surface area contributed by atoms with Crippen LogP contribution in [0.2, 0.25) is 0 Å². The van der Waals surface area contributed by atoms with Crippen molar-refractivity contribution < 1.29 is 5.11 Å². The van der Waals surface area contributed by atoms with Crippen LogP contribution in [-0.2, 0) is 6.42 Å². The summed E-state index contributed by atoms with van der Waals surface area (Å²) in [7, 11) is 0. The van der Waals surface area contributed by atoms with Crippen LogP contribution in [0.15, 0.2) is 6.07 Å². The fourth-order valence-electron chi connectivity index (χ4n) is 2.62. The lowest BCUT2D eigenvalue weighted by Gasteiger charge is -2.20. The quantitative estimate of drug-likeness (QED) is 0.703. The van der Waals surface area contributed by atoms with E-state index in [4.69, 9.17) is 5.73 Å². The van der Waals surface area contributed by atoms with Gasteiger partial charge in [0, 0.05) is 24.3 Å². The topological polar surface area (TPSA) is 97.0 Å². The summed E-state index contributed by atoms with van der Waals surface area (Å²) in [5.41, 5.74) is 8.40. The van der Waals surface area contributed by atoms with Gasteiger partial charge in [0.1, 0.15) is 5.82 Å². The molecular weight excluding hydrogens is 242 g/mol. The molecule has 1 aliphatic heterocycles. The maximum absolute atomic E-state index is 9.52. The molecule has 2 atom stereocenters. The van der Waals surface area contributed by atoms with Crippen molar-refractivity contribution in [3.63, 3.8) is 0 Å². The van der Waals surface area contributed by atoms with Crippen LogP contribution in [0.1, 0.15) is 18.3 Å². The minimum absolute atomic E-state index is 0.105. The van der Waals surface area contributed by atoms with Gasteiger partial charge in [-0.05, 0) is 26.3 Å². The average molecular weight is 259 g/mol. The number of anilines is 2. The Hall–Kier alpha value is -1.95. The monoisotopic (exact) mass is 259 g/mol. The highest BCUT2D eigenvalue weighted by Crippen LogP contribution is 2.31. The molecule has 0 bridgehead atoms. The SMILES string of the molecule is Cc1cc2nc(N)nc3c2c(n1)CC(CO)C(C)N3. The van der Waals surface area contributed by atoms with Crippen molar-refractivity contribution in [3.05, 3.63) is 17.5 Å². The summed E-state index contributed by atoms with van der Waals surface area (Å²) in [4.78, 5) is 13.1. The Balaban J connectivity index is 2.29. The van der Waals surface area contributed by atoms with E-state index in [1.807, 2.05) is 19.9 Å². The number of rotatable bonds is 1. The summed E-state index contributed by atoms with van der Waals surface area (Å²) in [5.74, 6) is 1.07. The maximum Gasteiger partial charge on any atom is 0.222 e. The second-order valence-electron chi connectivity index (χ2n) is 5.11. The van der Waals surface area contributed by atoms with Crippen molar-refractivity contribution in [1.82, 2.24) is 15.0 Å². The minimum atomic E-state index is 0.105. The Morgan fingerprint density at radius 3 is 2.95 bits per heavy atom. The third kappa shape index (κ3) is 1.98. The van der Waals surface area contributed by atoms with E-state index in [2.05, 4.69) is 20.3 Å². The predicted octanol–water partition coefficient (Wildman–Crippen LogP) is 0.880. The lowest BCUT2D eigenvalue weighted by molar-refractivity contribution is 0.213. The summed E-state index contributed by atoms with van der Waals surface area (Å²) < 4.78 is 0. The normalized spacial score (nSPS) is 22.1. The first-order chi connectivity index (χ1) is 9.08. The second kappa shape index (κ2) is 4.31. The van der Waals surface area contributed by atoms with E-state index in [1.54, 1.807) is 0 Å². The van der Waals surface area contributed by atoms with Crippen LogP contribution in [0.25, 0.3) is 10.9 Å². The van der Waals surface area contributed by atoms with Crippen LogP contribution in [0.3, 0.4) is 0 Å². The van der Waals surface area contributed by atoms with Gasteiger partial charge >= 0.3 is 0 Å². The molecule has 3 heterocycles. The van der Waals surface area contributed by atoms with E-state index in [-0.39, 0.29) is 24.5 Å². The number of pyridine rings is 1. The molecule has 2 aromatic rings. The van der Waals surface area contributed by atoms with E-state index in [1.165, 1.54) is 0 Å². The Bertz CT molecular complexity index is 637. The summed E-state index contributed by atoms with van der Waals surface area (Å²) in [6.45, 7) is 4.08. The number of nitrogens with two attached hydrogens (primary N) is 1. The van der Waals surface area contributed by atoms with Crippen LogP contribution in [0.5, 0.6) is 0 Å². The Morgan fingerprint density at radius 1 is 1.42 bits per heavy atom. The molecule has 0 aliphatic carbocycles. The first-order valence-corrected chi connectivity index (χ1v) is 6.39. The van der Waals surface area contributed by atoms with Crippen molar-refractivity contribution in [2.45, 2.75) is 26.3 Å². The van der Waals surface area contributed by atoms with Gasteiger partial charge in [-0.3, -0.25) is 4.98 Å². The number of aliphatic hydroxyl groups excluding tert-OH is 1. The van der Waals surface area contributed by atoms with Gasteiger partial charge < -0.3 is 16.2 Å². The Labute approximate surface area is 111 Å². The third-order valence-corrected chi connectivity index (χ3v) is 3.66. The highest BCUT2D eigenvalue weighted by molar-refractivity contribution is 5.92. The Kier molecular flexibility index (Phi) is 2.74. The zero-order valence-corrected chi connectivity index (χ0v) is 11.0. The van der Waals surface area contributed by atoms with Crippen LogP contribution in [0.4, 0.5) is 11.8 Å². The molecule has 0 saturated carbocycles. The number of aromatic nitrogens is 3. The minimum Gasteiger partial charge on any atom is -0.396 e. The highest BCUT2D eigenvalue weighted by Gasteiger charge is 2.26. The van der Waals surface area contributed by atoms with Gasteiger partial charge in [0.15, 0.2) is 0 Å². The second-order valence-corrected chi connectivity index (χ2v) is 5.11. The molecule has 0 saturated heterocycles. The summed E-state index contributed by atoms with van der Waals surface area (Å²) in [6, 6.07) is 2.02. The molecule has 1 aliphatic rings. The van der Waals surface area contributed by atoms with Gasteiger partial charge in [-0.2, -0.15) is 4.98 Å². The van der Waals surface area contributed by atoms with Gasteiger partial charge in [0.2, 0.25) is 5.95 Å². The highest BCUT2D eigenvalue weighted by atomic mass is 16.3. The van der Waals surface area contributed by atoms with Crippen LogP contribution < -0.4 is 11.1 Å². The maximum atomic E-state index is 9.52. The molecule has 0 aromatic carbocycles.